The Morgan fingerprint density at radius 2 is 2.00 bits per heavy atom. The van der Waals surface area contributed by atoms with E-state index in [9.17, 15) is 4.79 Å². The Balaban J connectivity index is 2.10. The zero-order valence-electron chi connectivity index (χ0n) is 15.5. The van der Waals surface area contributed by atoms with E-state index in [4.69, 9.17) is 16.3 Å². The van der Waals surface area contributed by atoms with Crippen molar-refractivity contribution >= 4 is 33.4 Å². The van der Waals surface area contributed by atoms with Crippen molar-refractivity contribution in [2.45, 2.75) is 19.9 Å². The lowest BCUT2D eigenvalue weighted by Gasteiger charge is -2.17. The average molecular weight is 440 g/mol. The first-order chi connectivity index (χ1) is 12.3. The standard InChI is InChI=1S/C20H24BrClN2O2/c1-13-5-6-18(26-8-7-24(3)4)12-19(13)20(25)23-14(2)15-9-16(21)11-17(22)10-15/h5-6,9-12,14H,7-8H2,1-4H3,(H,23,25)/t14-/m1/s1. The minimum Gasteiger partial charge on any atom is -0.492 e. The molecule has 0 saturated heterocycles. The number of aryl methyl sites for hydroxylation is 1. The minimum atomic E-state index is -0.171. The molecule has 0 spiro atoms. The Hall–Kier alpha value is -1.56. The fourth-order valence-corrected chi connectivity index (χ4v) is 3.35. The third kappa shape index (κ3) is 6.01. The van der Waals surface area contributed by atoms with E-state index in [0.29, 0.717) is 22.9 Å². The van der Waals surface area contributed by atoms with Gasteiger partial charge in [0.1, 0.15) is 12.4 Å². The summed E-state index contributed by atoms with van der Waals surface area (Å²) in [7, 11) is 3.99. The van der Waals surface area contributed by atoms with Gasteiger partial charge in [-0.3, -0.25) is 4.79 Å². The Bertz CT molecular complexity index is 760. The van der Waals surface area contributed by atoms with Crippen molar-refractivity contribution in [2.75, 3.05) is 27.2 Å². The van der Waals surface area contributed by atoms with E-state index in [1.165, 1.54) is 0 Å². The highest BCUT2D eigenvalue weighted by Crippen LogP contribution is 2.24. The van der Waals surface area contributed by atoms with Crippen LogP contribution in [0.3, 0.4) is 0 Å². The quantitative estimate of drug-likeness (QED) is 0.671. The molecule has 4 nitrogen and oxygen atoms in total. The van der Waals surface area contributed by atoms with Gasteiger partial charge in [-0.2, -0.15) is 0 Å². The van der Waals surface area contributed by atoms with Crippen LogP contribution in [0.25, 0.3) is 0 Å². The number of amides is 1. The number of nitrogens with one attached hydrogen (secondary N) is 1. The van der Waals surface area contributed by atoms with Gasteiger partial charge in [0, 0.05) is 21.6 Å². The lowest BCUT2D eigenvalue weighted by Crippen LogP contribution is -2.27. The lowest BCUT2D eigenvalue weighted by molar-refractivity contribution is 0.0938. The van der Waals surface area contributed by atoms with Gasteiger partial charge in [0.15, 0.2) is 0 Å². The molecule has 0 aromatic heterocycles. The van der Waals surface area contributed by atoms with Crippen molar-refractivity contribution < 1.29 is 9.53 Å². The van der Waals surface area contributed by atoms with Crippen LogP contribution in [0.1, 0.15) is 34.5 Å². The molecule has 0 bridgehead atoms. The van der Waals surface area contributed by atoms with Gasteiger partial charge in [-0.15, -0.1) is 0 Å². The van der Waals surface area contributed by atoms with E-state index < -0.39 is 0 Å². The van der Waals surface area contributed by atoms with Gasteiger partial charge < -0.3 is 15.0 Å². The first-order valence-corrected chi connectivity index (χ1v) is 9.58. The number of halogens is 2. The molecular weight excluding hydrogens is 416 g/mol. The third-order valence-electron chi connectivity index (χ3n) is 3.99. The van der Waals surface area contributed by atoms with E-state index >= 15 is 0 Å². The van der Waals surface area contributed by atoms with Gasteiger partial charge in [-0.1, -0.05) is 33.6 Å². The Morgan fingerprint density at radius 1 is 1.27 bits per heavy atom. The first-order valence-electron chi connectivity index (χ1n) is 8.41. The van der Waals surface area contributed by atoms with Crippen LogP contribution in [0.15, 0.2) is 40.9 Å². The van der Waals surface area contributed by atoms with E-state index in [2.05, 4.69) is 21.2 Å². The molecule has 1 N–H and O–H groups in total. The number of likely N-dealkylation sites (N-methyl/N-ethyl adjacent to an activating group) is 1. The topological polar surface area (TPSA) is 41.6 Å². The molecule has 1 amide bonds. The van der Waals surface area contributed by atoms with Crippen molar-refractivity contribution in [3.63, 3.8) is 0 Å². The summed E-state index contributed by atoms with van der Waals surface area (Å²) in [5, 5.41) is 3.65. The second-order valence-corrected chi connectivity index (χ2v) is 7.88. The van der Waals surface area contributed by atoms with Crippen molar-refractivity contribution in [2.24, 2.45) is 0 Å². The molecule has 0 aliphatic rings. The number of ether oxygens (including phenoxy) is 1. The molecule has 0 aliphatic carbocycles. The summed E-state index contributed by atoms with van der Waals surface area (Å²) < 4.78 is 6.62. The maximum Gasteiger partial charge on any atom is 0.252 e. The van der Waals surface area contributed by atoms with Gasteiger partial charge in [-0.25, -0.2) is 0 Å². The average Bonchev–Trinajstić information content (AvgIpc) is 2.55. The molecule has 1 atom stereocenters. The van der Waals surface area contributed by atoms with Gasteiger partial charge >= 0.3 is 0 Å². The second-order valence-electron chi connectivity index (χ2n) is 6.53. The van der Waals surface area contributed by atoms with Crippen LogP contribution in [0.2, 0.25) is 5.02 Å². The predicted octanol–water partition coefficient (Wildman–Crippen LogP) is 4.84. The summed E-state index contributed by atoms with van der Waals surface area (Å²) in [6.07, 6.45) is 0. The maximum atomic E-state index is 12.7. The molecule has 0 saturated carbocycles. The van der Waals surface area contributed by atoms with Crippen molar-refractivity contribution in [3.05, 3.63) is 62.6 Å². The molecule has 140 valence electrons. The molecule has 6 heteroatoms. The lowest BCUT2D eigenvalue weighted by atomic mass is 10.1. The highest BCUT2D eigenvalue weighted by molar-refractivity contribution is 9.10. The number of carbonyl (C=O) groups is 1. The normalized spacial score (nSPS) is 12.1. The molecule has 26 heavy (non-hydrogen) atoms. The number of nitrogens with zero attached hydrogens (tertiary/aromatic N) is 1. The predicted molar refractivity (Wildman–Crippen MR) is 110 cm³/mol. The maximum absolute atomic E-state index is 12.7. The van der Waals surface area contributed by atoms with Gasteiger partial charge in [0.2, 0.25) is 0 Å². The fourth-order valence-electron chi connectivity index (χ4n) is 2.46. The number of hydrogen-bond donors (Lipinski definition) is 1. The molecule has 0 fully saturated rings. The van der Waals surface area contributed by atoms with E-state index in [1.807, 2.05) is 63.2 Å². The summed E-state index contributed by atoms with van der Waals surface area (Å²) >= 11 is 9.53. The zero-order chi connectivity index (χ0) is 19.3. The Morgan fingerprint density at radius 3 is 2.65 bits per heavy atom. The summed E-state index contributed by atoms with van der Waals surface area (Å²) in [5.74, 6) is 0.560. The van der Waals surface area contributed by atoms with Crippen LogP contribution in [0.5, 0.6) is 5.75 Å². The Kier molecular flexibility index (Phi) is 7.50. The van der Waals surface area contributed by atoms with Crippen LogP contribution in [-0.4, -0.2) is 38.1 Å². The number of carbonyl (C=O) groups excluding carboxylic acids is 1. The second kappa shape index (κ2) is 9.40. The van der Waals surface area contributed by atoms with Gasteiger partial charge in [0.05, 0.1) is 6.04 Å². The first kappa shape index (κ1) is 20.7. The van der Waals surface area contributed by atoms with Crippen LogP contribution < -0.4 is 10.1 Å². The van der Waals surface area contributed by atoms with Crippen LogP contribution in [-0.2, 0) is 0 Å². The molecule has 0 heterocycles. The van der Waals surface area contributed by atoms with E-state index in [-0.39, 0.29) is 11.9 Å². The third-order valence-corrected chi connectivity index (χ3v) is 4.67. The summed E-state index contributed by atoms with van der Waals surface area (Å²) in [6, 6.07) is 11.0. The van der Waals surface area contributed by atoms with E-state index in [0.717, 1.165) is 22.1 Å². The highest BCUT2D eigenvalue weighted by Gasteiger charge is 2.15. The fraction of sp³-hybridized carbons (Fsp3) is 0.350. The van der Waals surface area contributed by atoms with E-state index in [1.54, 1.807) is 6.07 Å². The molecule has 2 rings (SSSR count). The molecule has 0 radical (unpaired) electrons. The van der Waals surface area contributed by atoms with Gasteiger partial charge in [0.25, 0.3) is 5.91 Å². The van der Waals surface area contributed by atoms with Crippen LogP contribution in [0, 0.1) is 6.92 Å². The SMILES string of the molecule is Cc1ccc(OCCN(C)C)cc1C(=O)N[C@H](C)c1cc(Cl)cc(Br)c1. The van der Waals surface area contributed by atoms with Crippen LogP contribution in [0.4, 0.5) is 0 Å². The summed E-state index contributed by atoms with van der Waals surface area (Å²) in [5.41, 5.74) is 2.45. The Labute approximate surface area is 168 Å². The highest BCUT2D eigenvalue weighted by atomic mass is 79.9. The number of hydrogen-bond acceptors (Lipinski definition) is 3. The molecule has 2 aromatic rings. The molecule has 0 aliphatic heterocycles. The summed E-state index contributed by atoms with van der Waals surface area (Å²) in [4.78, 5) is 14.8. The number of benzene rings is 2. The monoisotopic (exact) mass is 438 g/mol. The van der Waals surface area contributed by atoms with Crippen molar-refractivity contribution in [1.82, 2.24) is 10.2 Å². The summed E-state index contributed by atoms with van der Waals surface area (Å²) in [6.45, 7) is 5.24. The minimum absolute atomic E-state index is 0.135. The van der Waals surface area contributed by atoms with Crippen molar-refractivity contribution in [3.8, 4) is 5.75 Å². The largest absolute Gasteiger partial charge is 0.492 e. The molecule has 2 aromatic carbocycles. The zero-order valence-corrected chi connectivity index (χ0v) is 17.8. The van der Waals surface area contributed by atoms with Crippen molar-refractivity contribution in [1.29, 1.82) is 0 Å². The van der Waals surface area contributed by atoms with Crippen LogP contribution >= 0.6 is 27.5 Å². The van der Waals surface area contributed by atoms with Gasteiger partial charge in [-0.05, 0) is 69.4 Å². The number of rotatable bonds is 7. The smallest absolute Gasteiger partial charge is 0.252 e. The molecule has 0 unspecified atom stereocenters. The molecular formula is C20H24BrClN2O2.